The summed E-state index contributed by atoms with van der Waals surface area (Å²) in [4.78, 5) is 36.6. The molecular formula is C17H22N2O6. The Hall–Kier alpha value is -2.77. The zero-order chi connectivity index (χ0) is 18.4. The van der Waals surface area contributed by atoms with Gasteiger partial charge in [0.05, 0.1) is 14.2 Å². The van der Waals surface area contributed by atoms with Crippen LogP contribution >= 0.6 is 0 Å². The van der Waals surface area contributed by atoms with Gasteiger partial charge in [-0.15, -0.1) is 0 Å². The molecule has 0 aliphatic carbocycles. The Kier molecular flexibility index (Phi) is 6.21. The third-order valence-corrected chi connectivity index (χ3v) is 3.86. The molecule has 0 unspecified atom stereocenters. The number of nitrogens with one attached hydrogen (secondary N) is 1. The van der Waals surface area contributed by atoms with Crippen molar-refractivity contribution in [1.29, 1.82) is 0 Å². The number of imide groups is 1. The number of para-hydroxylation sites is 1. The predicted octanol–water partition coefficient (Wildman–Crippen LogP) is 1.12. The normalized spacial score (nSPS) is 14.7. The molecule has 1 aliphatic rings. The Morgan fingerprint density at radius 1 is 1.28 bits per heavy atom. The number of urea groups is 1. The SMILES string of the molecule is COc1cccc(CCC(=O)O[C@@H](C)C(=O)N2CCNC2=O)c1OC. The van der Waals surface area contributed by atoms with Crippen molar-refractivity contribution < 1.29 is 28.6 Å². The molecule has 0 bridgehead atoms. The van der Waals surface area contributed by atoms with Gasteiger partial charge in [0.1, 0.15) is 0 Å². The Morgan fingerprint density at radius 2 is 2.04 bits per heavy atom. The molecule has 1 atom stereocenters. The molecule has 8 heteroatoms. The van der Waals surface area contributed by atoms with Crippen LogP contribution in [0, 0.1) is 0 Å². The molecule has 1 aliphatic heterocycles. The van der Waals surface area contributed by atoms with Crippen LogP contribution in [0.5, 0.6) is 11.5 Å². The van der Waals surface area contributed by atoms with Gasteiger partial charge in [-0.3, -0.25) is 14.5 Å². The summed E-state index contributed by atoms with van der Waals surface area (Å²) in [6.45, 7) is 2.14. The van der Waals surface area contributed by atoms with Crippen molar-refractivity contribution >= 4 is 17.9 Å². The molecule has 3 amide bonds. The third kappa shape index (κ3) is 4.40. The Balaban J connectivity index is 1.90. The maximum absolute atomic E-state index is 12.1. The molecule has 1 heterocycles. The molecule has 2 rings (SSSR count). The molecule has 1 aromatic carbocycles. The zero-order valence-electron chi connectivity index (χ0n) is 14.5. The molecule has 0 aromatic heterocycles. The number of rotatable bonds is 7. The van der Waals surface area contributed by atoms with E-state index in [1.54, 1.807) is 12.1 Å². The van der Waals surface area contributed by atoms with E-state index in [2.05, 4.69) is 5.32 Å². The molecule has 136 valence electrons. The van der Waals surface area contributed by atoms with E-state index in [-0.39, 0.29) is 13.0 Å². The van der Waals surface area contributed by atoms with Crippen LogP contribution in [0.2, 0.25) is 0 Å². The van der Waals surface area contributed by atoms with E-state index in [9.17, 15) is 14.4 Å². The van der Waals surface area contributed by atoms with Gasteiger partial charge in [0.15, 0.2) is 17.6 Å². The first-order chi connectivity index (χ1) is 12.0. The number of aryl methyl sites for hydroxylation is 1. The number of hydrogen-bond acceptors (Lipinski definition) is 6. The van der Waals surface area contributed by atoms with Crippen LogP contribution in [0.15, 0.2) is 18.2 Å². The van der Waals surface area contributed by atoms with Gasteiger partial charge in [-0.25, -0.2) is 4.79 Å². The number of ether oxygens (including phenoxy) is 3. The van der Waals surface area contributed by atoms with Gasteiger partial charge in [-0.1, -0.05) is 12.1 Å². The zero-order valence-corrected chi connectivity index (χ0v) is 14.5. The van der Waals surface area contributed by atoms with Gasteiger partial charge in [0, 0.05) is 19.5 Å². The van der Waals surface area contributed by atoms with Gasteiger partial charge < -0.3 is 19.5 Å². The minimum atomic E-state index is -1.01. The highest BCUT2D eigenvalue weighted by atomic mass is 16.5. The minimum Gasteiger partial charge on any atom is -0.493 e. The standard InChI is InChI=1S/C17H22N2O6/c1-11(16(21)19-10-9-18-17(19)22)25-14(20)8-7-12-5-4-6-13(23-2)15(12)24-3/h4-6,11H,7-10H2,1-3H3,(H,18,22)/t11-/m0/s1. The average molecular weight is 350 g/mol. The summed E-state index contributed by atoms with van der Waals surface area (Å²) in [5.41, 5.74) is 0.803. The molecule has 0 radical (unpaired) electrons. The molecule has 0 spiro atoms. The number of nitrogens with zero attached hydrogens (tertiary/aromatic N) is 1. The second-order valence-corrected chi connectivity index (χ2v) is 5.51. The second kappa shape index (κ2) is 8.36. The van der Waals surface area contributed by atoms with Crippen LogP contribution in [-0.2, 0) is 20.7 Å². The first-order valence-corrected chi connectivity index (χ1v) is 7.96. The first-order valence-electron chi connectivity index (χ1n) is 7.96. The molecule has 1 aromatic rings. The van der Waals surface area contributed by atoms with E-state index in [4.69, 9.17) is 14.2 Å². The van der Waals surface area contributed by atoms with Gasteiger partial charge >= 0.3 is 12.0 Å². The lowest BCUT2D eigenvalue weighted by Gasteiger charge is -2.18. The summed E-state index contributed by atoms with van der Waals surface area (Å²) in [7, 11) is 3.07. The van der Waals surface area contributed by atoms with E-state index in [0.29, 0.717) is 24.5 Å². The van der Waals surface area contributed by atoms with Crippen LogP contribution < -0.4 is 14.8 Å². The van der Waals surface area contributed by atoms with Crippen molar-refractivity contribution in [2.24, 2.45) is 0 Å². The van der Waals surface area contributed by atoms with Crippen molar-refractivity contribution in [3.05, 3.63) is 23.8 Å². The average Bonchev–Trinajstić information content (AvgIpc) is 3.04. The molecule has 25 heavy (non-hydrogen) atoms. The largest absolute Gasteiger partial charge is 0.493 e. The number of hydrogen-bond donors (Lipinski definition) is 1. The molecule has 1 N–H and O–H groups in total. The third-order valence-electron chi connectivity index (χ3n) is 3.86. The fraction of sp³-hybridized carbons (Fsp3) is 0.471. The summed E-state index contributed by atoms with van der Waals surface area (Å²) in [5.74, 6) is 0.0975. The van der Waals surface area contributed by atoms with Gasteiger partial charge in [-0.05, 0) is 25.0 Å². The van der Waals surface area contributed by atoms with Crippen LogP contribution in [-0.4, -0.2) is 56.2 Å². The molecule has 8 nitrogen and oxygen atoms in total. The lowest BCUT2D eigenvalue weighted by atomic mass is 10.1. The van der Waals surface area contributed by atoms with E-state index in [1.807, 2.05) is 6.07 Å². The van der Waals surface area contributed by atoms with E-state index >= 15 is 0 Å². The second-order valence-electron chi connectivity index (χ2n) is 5.51. The first kappa shape index (κ1) is 18.6. The van der Waals surface area contributed by atoms with Crippen LogP contribution in [0.1, 0.15) is 18.9 Å². The fourth-order valence-electron chi connectivity index (χ4n) is 2.60. The quantitative estimate of drug-likeness (QED) is 0.741. The number of carbonyl (C=O) groups excluding carboxylic acids is 3. The summed E-state index contributed by atoms with van der Waals surface area (Å²) < 4.78 is 15.7. The molecule has 0 saturated carbocycles. The maximum atomic E-state index is 12.1. The van der Waals surface area contributed by atoms with Crippen molar-refractivity contribution in [2.45, 2.75) is 25.9 Å². The van der Waals surface area contributed by atoms with Crippen LogP contribution in [0.4, 0.5) is 4.79 Å². The molecule has 1 fully saturated rings. The Bertz CT molecular complexity index is 661. The van der Waals surface area contributed by atoms with Crippen molar-refractivity contribution in [1.82, 2.24) is 10.2 Å². The van der Waals surface area contributed by atoms with Crippen molar-refractivity contribution in [3.8, 4) is 11.5 Å². The number of carbonyl (C=O) groups is 3. The Morgan fingerprint density at radius 3 is 2.64 bits per heavy atom. The van der Waals surface area contributed by atoms with Crippen LogP contribution in [0.25, 0.3) is 0 Å². The summed E-state index contributed by atoms with van der Waals surface area (Å²) >= 11 is 0. The fourth-order valence-corrected chi connectivity index (χ4v) is 2.60. The monoisotopic (exact) mass is 350 g/mol. The summed E-state index contributed by atoms with van der Waals surface area (Å²) in [6, 6.07) is 4.94. The smallest absolute Gasteiger partial charge is 0.324 e. The number of methoxy groups -OCH3 is 2. The number of esters is 1. The van der Waals surface area contributed by atoms with Gasteiger partial charge in [-0.2, -0.15) is 0 Å². The summed E-state index contributed by atoms with van der Waals surface area (Å²) in [6.07, 6.45) is -0.555. The lowest BCUT2D eigenvalue weighted by Crippen LogP contribution is -2.41. The number of amides is 3. The topological polar surface area (TPSA) is 94.2 Å². The minimum absolute atomic E-state index is 0.0767. The highest BCUT2D eigenvalue weighted by molar-refractivity contribution is 5.98. The molecular weight excluding hydrogens is 328 g/mol. The van der Waals surface area contributed by atoms with Gasteiger partial charge in [0.25, 0.3) is 5.91 Å². The van der Waals surface area contributed by atoms with Crippen molar-refractivity contribution in [3.63, 3.8) is 0 Å². The van der Waals surface area contributed by atoms with E-state index in [1.165, 1.54) is 21.1 Å². The predicted molar refractivity (Wildman–Crippen MR) is 88.5 cm³/mol. The highest BCUT2D eigenvalue weighted by Gasteiger charge is 2.31. The maximum Gasteiger partial charge on any atom is 0.324 e. The van der Waals surface area contributed by atoms with Crippen molar-refractivity contribution in [2.75, 3.05) is 27.3 Å². The van der Waals surface area contributed by atoms with E-state index in [0.717, 1.165) is 10.5 Å². The Labute approximate surface area is 146 Å². The highest BCUT2D eigenvalue weighted by Crippen LogP contribution is 2.31. The van der Waals surface area contributed by atoms with E-state index < -0.39 is 24.0 Å². The number of benzene rings is 1. The summed E-state index contributed by atoms with van der Waals surface area (Å²) in [5, 5.41) is 2.53. The van der Waals surface area contributed by atoms with Gasteiger partial charge in [0.2, 0.25) is 0 Å². The molecule has 1 saturated heterocycles. The lowest BCUT2D eigenvalue weighted by molar-refractivity contribution is -0.157. The van der Waals surface area contributed by atoms with Crippen LogP contribution in [0.3, 0.4) is 0 Å².